The first-order valence-corrected chi connectivity index (χ1v) is 10.8. The standard InChI is InChI=1S/C21H38O5/c1-4-5-6-7-8-9-10-11-12-13-14-22-18-17(16-15-23-16)24-20-19(18)25-21(2,3)26-20/h16-20H,4-15H2,1-3H3/t16-,17-,18+,19-,20-/m1/s1. The van der Waals surface area contributed by atoms with E-state index in [-0.39, 0.29) is 30.7 Å². The summed E-state index contributed by atoms with van der Waals surface area (Å²) in [6.45, 7) is 7.64. The van der Waals surface area contributed by atoms with Gasteiger partial charge in [-0.15, -0.1) is 0 Å². The summed E-state index contributed by atoms with van der Waals surface area (Å²) in [4.78, 5) is 0. The first-order valence-electron chi connectivity index (χ1n) is 10.8. The molecule has 3 aliphatic rings. The molecule has 5 nitrogen and oxygen atoms in total. The van der Waals surface area contributed by atoms with Gasteiger partial charge in [0.1, 0.15) is 24.4 Å². The molecular formula is C21H38O5. The van der Waals surface area contributed by atoms with E-state index in [1.165, 1.54) is 57.8 Å². The highest BCUT2D eigenvalue weighted by Gasteiger charge is 2.59. The summed E-state index contributed by atoms with van der Waals surface area (Å²) in [5.74, 6) is -0.594. The molecule has 26 heavy (non-hydrogen) atoms. The molecule has 0 spiro atoms. The maximum atomic E-state index is 6.19. The second-order valence-electron chi connectivity index (χ2n) is 8.46. The Morgan fingerprint density at radius 3 is 2.08 bits per heavy atom. The zero-order chi connectivity index (χ0) is 18.4. The lowest BCUT2D eigenvalue weighted by Crippen LogP contribution is -2.39. The van der Waals surface area contributed by atoms with Crippen LogP contribution in [0.25, 0.3) is 0 Å². The summed E-state index contributed by atoms with van der Waals surface area (Å²) in [6.07, 6.45) is 12.9. The maximum Gasteiger partial charge on any atom is 0.190 e. The average molecular weight is 371 g/mol. The van der Waals surface area contributed by atoms with Crippen molar-refractivity contribution in [2.45, 2.75) is 121 Å². The van der Waals surface area contributed by atoms with Gasteiger partial charge in [-0.2, -0.15) is 0 Å². The second kappa shape index (κ2) is 9.83. The van der Waals surface area contributed by atoms with Crippen molar-refractivity contribution in [3.8, 4) is 0 Å². The first-order chi connectivity index (χ1) is 12.6. The van der Waals surface area contributed by atoms with Crippen molar-refractivity contribution in [2.24, 2.45) is 0 Å². The van der Waals surface area contributed by atoms with Crippen LogP contribution in [0.15, 0.2) is 0 Å². The molecule has 0 aromatic heterocycles. The predicted octanol–water partition coefficient (Wildman–Crippen LogP) is 4.57. The quantitative estimate of drug-likeness (QED) is 0.351. The third-order valence-electron chi connectivity index (χ3n) is 5.56. The maximum absolute atomic E-state index is 6.19. The molecule has 5 heteroatoms. The molecule has 152 valence electrons. The fourth-order valence-corrected chi connectivity index (χ4v) is 4.05. The van der Waals surface area contributed by atoms with Crippen LogP contribution in [-0.2, 0) is 23.7 Å². The van der Waals surface area contributed by atoms with Gasteiger partial charge in [0.25, 0.3) is 0 Å². The average Bonchev–Trinajstić information content (AvgIpc) is 3.33. The van der Waals surface area contributed by atoms with Crippen molar-refractivity contribution in [3.63, 3.8) is 0 Å². The fourth-order valence-electron chi connectivity index (χ4n) is 4.05. The van der Waals surface area contributed by atoms with Gasteiger partial charge in [0.15, 0.2) is 12.1 Å². The van der Waals surface area contributed by atoms with Gasteiger partial charge in [-0.25, -0.2) is 0 Å². The summed E-state index contributed by atoms with van der Waals surface area (Å²) in [6, 6.07) is 0. The molecule has 5 atom stereocenters. The minimum atomic E-state index is -0.594. The SMILES string of the molecule is CCCCCCCCCCCCO[C@@H]1[C@H]2OC(C)(C)O[C@H]2O[C@@H]1[C@H]1CO1. The van der Waals surface area contributed by atoms with Gasteiger partial charge in [0.2, 0.25) is 0 Å². The largest absolute Gasteiger partial charge is 0.372 e. The van der Waals surface area contributed by atoms with E-state index < -0.39 is 5.79 Å². The normalized spacial score (nSPS) is 35.0. The Kier molecular flexibility index (Phi) is 7.76. The van der Waals surface area contributed by atoms with Crippen molar-refractivity contribution in [2.75, 3.05) is 13.2 Å². The molecule has 0 aromatic rings. The van der Waals surface area contributed by atoms with Crippen LogP contribution < -0.4 is 0 Å². The van der Waals surface area contributed by atoms with Gasteiger partial charge in [0, 0.05) is 6.61 Å². The van der Waals surface area contributed by atoms with Crippen molar-refractivity contribution in [1.82, 2.24) is 0 Å². The molecule has 3 fully saturated rings. The third kappa shape index (κ3) is 5.90. The highest BCUT2D eigenvalue weighted by molar-refractivity contribution is 5.00. The molecule has 0 bridgehead atoms. The number of fused-ring (bicyclic) bond motifs is 1. The molecule has 0 aliphatic carbocycles. The number of unbranched alkanes of at least 4 members (excludes halogenated alkanes) is 9. The zero-order valence-corrected chi connectivity index (χ0v) is 16.9. The second-order valence-corrected chi connectivity index (χ2v) is 8.46. The van der Waals surface area contributed by atoms with Crippen molar-refractivity contribution in [1.29, 1.82) is 0 Å². The van der Waals surface area contributed by atoms with Crippen LogP contribution in [-0.4, -0.2) is 49.7 Å². The topological polar surface area (TPSA) is 49.5 Å². The third-order valence-corrected chi connectivity index (χ3v) is 5.56. The monoisotopic (exact) mass is 370 g/mol. The number of ether oxygens (including phenoxy) is 5. The molecule has 3 aliphatic heterocycles. The highest BCUT2D eigenvalue weighted by Crippen LogP contribution is 2.41. The summed E-state index contributed by atoms with van der Waals surface area (Å²) in [5, 5.41) is 0. The Balaban J connectivity index is 1.26. The Morgan fingerprint density at radius 1 is 0.846 bits per heavy atom. The van der Waals surface area contributed by atoms with Gasteiger partial charge in [-0.3, -0.25) is 0 Å². The van der Waals surface area contributed by atoms with Crippen LogP contribution in [0.3, 0.4) is 0 Å². The molecule has 0 saturated carbocycles. The fraction of sp³-hybridized carbons (Fsp3) is 1.00. The van der Waals surface area contributed by atoms with Crippen LogP contribution in [0.1, 0.15) is 85.0 Å². The van der Waals surface area contributed by atoms with E-state index in [1.54, 1.807) is 0 Å². The number of epoxide rings is 1. The van der Waals surface area contributed by atoms with Gasteiger partial charge in [0.05, 0.1) is 6.61 Å². The molecule has 0 N–H and O–H groups in total. The van der Waals surface area contributed by atoms with E-state index in [9.17, 15) is 0 Å². The summed E-state index contributed by atoms with van der Waals surface area (Å²) < 4.78 is 29.5. The molecule has 3 heterocycles. The molecule has 0 amide bonds. The number of hydrogen-bond donors (Lipinski definition) is 0. The van der Waals surface area contributed by atoms with Gasteiger partial charge in [-0.1, -0.05) is 64.7 Å². The lowest BCUT2D eigenvalue weighted by molar-refractivity contribution is -0.220. The van der Waals surface area contributed by atoms with Gasteiger partial charge in [-0.05, 0) is 20.3 Å². The molecule has 0 aromatic carbocycles. The van der Waals surface area contributed by atoms with E-state index >= 15 is 0 Å². The van der Waals surface area contributed by atoms with Gasteiger partial charge < -0.3 is 23.7 Å². The molecule has 3 rings (SSSR count). The lowest BCUT2D eigenvalue weighted by atomic mass is 10.1. The van der Waals surface area contributed by atoms with E-state index in [1.807, 2.05) is 13.8 Å². The Morgan fingerprint density at radius 2 is 1.46 bits per heavy atom. The van der Waals surface area contributed by atoms with Crippen molar-refractivity contribution >= 4 is 0 Å². The highest BCUT2D eigenvalue weighted by atomic mass is 16.8. The predicted molar refractivity (Wildman–Crippen MR) is 100 cm³/mol. The minimum absolute atomic E-state index is 0.0516. The van der Waals surface area contributed by atoms with Crippen LogP contribution in [0.5, 0.6) is 0 Å². The van der Waals surface area contributed by atoms with E-state index in [4.69, 9.17) is 23.7 Å². The first kappa shape index (κ1) is 20.5. The minimum Gasteiger partial charge on any atom is -0.372 e. The summed E-state index contributed by atoms with van der Waals surface area (Å²) >= 11 is 0. The Bertz CT molecular complexity index is 409. The van der Waals surface area contributed by atoms with E-state index in [0.717, 1.165) is 19.6 Å². The van der Waals surface area contributed by atoms with Crippen molar-refractivity contribution in [3.05, 3.63) is 0 Å². The summed E-state index contributed by atoms with van der Waals surface area (Å²) in [5.41, 5.74) is 0. The smallest absolute Gasteiger partial charge is 0.190 e. The Hall–Kier alpha value is -0.200. The van der Waals surface area contributed by atoms with Crippen molar-refractivity contribution < 1.29 is 23.7 Å². The molecular weight excluding hydrogens is 332 g/mol. The Labute approximate surface area is 159 Å². The molecule has 0 radical (unpaired) electrons. The van der Waals surface area contributed by atoms with Gasteiger partial charge >= 0.3 is 0 Å². The summed E-state index contributed by atoms with van der Waals surface area (Å²) in [7, 11) is 0. The van der Waals surface area contributed by atoms with Crippen LogP contribution in [0, 0.1) is 0 Å². The number of hydrogen-bond acceptors (Lipinski definition) is 5. The molecule has 0 unspecified atom stereocenters. The van der Waals surface area contributed by atoms with Crippen LogP contribution in [0.2, 0.25) is 0 Å². The lowest BCUT2D eigenvalue weighted by Gasteiger charge is -2.25. The van der Waals surface area contributed by atoms with Crippen LogP contribution >= 0.6 is 0 Å². The molecule has 3 saturated heterocycles. The van der Waals surface area contributed by atoms with E-state index in [2.05, 4.69) is 6.92 Å². The zero-order valence-electron chi connectivity index (χ0n) is 16.9. The number of rotatable bonds is 13. The van der Waals surface area contributed by atoms with E-state index in [0.29, 0.717) is 0 Å². The van der Waals surface area contributed by atoms with Crippen LogP contribution in [0.4, 0.5) is 0 Å².